The summed E-state index contributed by atoms with van der Waals surface area (Å²) in [6.07, 6.45) is -9.92. The number of alkyl halides is 6. The van der Waals surface area contributed by atoms with Crippen molar-refractivity contribution in [1.82, 2.24) is 10.2 Å². The van der Waals surface area contributed by atoms with E-state index in [0.717, 1.165) is 0 Å². The molecule has 1 N–H and O–H groups in total. The predicted molar refractivity (Wildman–Crippen MR) is 90.3 cm³/mol. The SMILES string of the molecule is CC(C)C[C@H](c1c(F)cc(C(F)(F)F)cc1C(F)(F)F)N1CCNCC1.Cl. The molecule has 0 bridgehead atoms. The first-order valence-electron chi connectivity index (χ1n) is 8.34. The van der Waals surface area contributed by atoms with Crippen LogP contribution >= 0.6 is 12.4 Å². The van der Waals surface area contributed by atoms with E-state index in [0.29, 0.717) is 26.2 Å². The van der Waals surface area contributed by atoms with Crippen molar-refractivity contribution in [3.63, 3.8) is 0 Å². The second-order valence-electron chi connectivity index (χ2n) is 6.85. The van der Waals surface area contributed by atoms with E-state index in [1.807, 2.05) is 0 Å². The molecule has 0 aliphatic carbocycles. The zero-order valence-corrected chi connectivity index (χ0v) is 15.7. The van der Waals surface area contributed by atoms with Gasteiger partial charge in [-0.25, -0.2) is 4.39 Å². The zero-order chi connectivity index (χ0) is 19.7. The van der Waals surface area contributed by atoms with Gasteiger partial charge in [-0.05, 0) is 24.5 Å². The standard InChI is InChI=1S/C17H21F7N2.ClH/c1-10(2)7-14(26-5-3-25-4-6-26)15-12(17(22,23)24)8-11(9-13(15)18)16(19,20)21;/h8-10,14,25H,3-7H2,1-2H3;1H/t14-;/m1./s1. The summed E-state index contributed by atoms with van der Waals surface area (Å²) in [5.41, 5.74) is -3.87. The molecule has 27 heavy (non-hydrogen) atoms. The highest BCUT2D eigenvalue weighted by molar-refractivity contribution is 5.85. The largest absolute Gasteiger partial charge is 0.416 e. The van der Waals surface area contributed by atoms with Crippen molar-refractivity contribution in [1.29, 1.82) is 0 Å². The van der Waals surface area contributed by atoms with Crippen molar-refractivity contribution in [3.05, 3.63) is 34.6 Å². The minimum atomic E-state index is -5.08. The highest BCUT2D eigenvalue weighted by atomic mass is 35.5. The molecule has 0 spiro atoms. The predicted octanol–water partition coefficient (Wildman–Crippen LogP) is 5.28. The van der Waals surface area contributed by atoms with Crippen LogP contribution in [0.15, 0.2) is 12.1 Å². The second kappa shape index (κ2) is 8.96. The Morgan fingerprint density at radius 1 is 1.00 bits per heavy atom. The topological polar surface area (TPSA) is 15.3 Å². The van der Waals surface area contributed by atoms with E-state index in [9.17, 15) is 30.7 Å². The summed E-state index contributed by atoms with van der Waals surface area (Å²) in [6, 6.07) is -0.746. The molecule has 2 nitrogen and oxygen atoms in total. The van der Waals surface area contributed by atoms with Gasteiger partial charge < -0.3 is 5.32 Å². The zero-order valence-electron chi connectivity index (χ0n) is 14.8. The molecule has 0 aromatic heterocycles. The number of hydrogen-bond acceptors (Lipinski definition) is 2. The fourth-order valence-electron chi connectivity index (χ4n) is 3.24. The van der Waals surface area contributed by atoms with Crippen LogP contribution < -0.4 is 5.32 Å². The van der Waals surface area contributed by atoms with Crippen molar-refractivity contribution in [2.24, 2.45) is 5.92 Å². The second-order valence-corrected chi connectivity index (χ2v) is 6.85. The van der Waals surface area contributed by atoms with Crippen LogP contribution in [-0.4, -0.2) is 31.1 Å². The molecule has 2 rings (SSSR count). The Morgan fingerprint density at radius 2 is 1.56 bits per heavy atom. The minimum Gasteiger partial charge on any atom is -0.314 e. The molecule has 1 fully saturated rings. The van der Waals surface area contributed by atoms with E-state index in [-0.39, 0.29) is 36.9 Å². The van der Waals surface area contributed by atoms with Crippen LogP contribution in [0.4, 0.5) is 30.7 Å². The maximum absolute atomic E-state index is 14.6. The molecule has 0 radical (unpaired) electrons. The highest BCUT2D eigenvalue weighted by Gasteiger charge is 2.42. The summed E-state index contributed by atoms with van der Waals surface area (Å²) >= 11 is 0. The Bertz CT molecular complexity index is 623. The molecule has 1 aliphatic heterocycles. The number of halogens is 8. The van der Waals surface area contributed by atoms with Crippen molar-refractivity contribution in [3.8, 4) is 0 Å². The van der Waals surface area contributed by atoms with Crippen molar-refractivity contribution in [2.75, 3.05) is 26.2 Å². The van der Waals surface area contributed by atoms with Gasteiger partial charge in [0.05, 0.1) is 11.1 Å². The summed E-state index contributed by atoms with van der Waals surface area (Å²) < 4.78 is 93.7. The Kier molecular flexibility index (Phi) is 7.96. The third kappa shape index (κ3) is 5.96. The van der Waals surface area contributed by atoms with E-state index >= 15 is 0 Å². The van der Waals surface area contributed by atoms with Crippen LogP contribution in [0.2, 0.25) is 0 Å². The van der Waals surface area contributed by atoms with Gasteiger partial charge in [-0.15, -0.1) is 12.4 Å². The lowest BCUT2D eigenvalue weighted by Gasteiger charge is -2.37. The molecule has 0 saturated carbocycles. The fraction of sp³-hybridized carbons (Fsp3) is 0.647. The quantitative estimate of drug-likeness (QED) is 0.664. The molecule has 1 heterocycles. The lowest BCUT2D eigenvalue weighted by molar-refractivity contribution is -0.144. The van der Waals surface area contributed by atoms with Crippen molar-refractivity contribution < 1.29 is 30.7 Å². The van der Waals surface area contributed by atoms with Crippen LogP contribution in [0.5, 0.6) is 0 Å². The summed E-state index contributed by atoms with van der Waals surface area (Å²) in [5, 5.41) is 3.06. The average Bonchev–Trinajstić information content (AvgIpc) is 2.51. The smallest absolute Gasteiger partial charge is 0.314 e. The number of piperazine rings is 1. The molecular weight excluding hydrogens is 401 g/mol. The molecule has 1 aromatic rings. The molecule has 1 aliphatic rings. The van der Waals surface area contributed by atoms with Crippen LogP contribution in [0.3, 0.4) is 0 Å². The van der Waals surface area contributed by atoms with Crippen LogP contribution in [0, 0.1) is 11.7 Å². The van der Waals surface area contributed by atoms with Gasteiger partial charge in [-0.3, -0.25) is 4.90 Å². The third-order valence-electron chi connectivity index (χ3n) is 4.38. The Balaban J connectivity index is 0.00000364. The van der Waals surface area contributed by atoms with E-state index < -0.39 is 40.9 Å². The highest BCUT2D eigenvalue weighted by Crippen LogP contribution is 2.43. The summed E-state index contributed by atoms with van der Waals surface area (Å²) in [4.78, 5) is 1.71. The Hall–Kier alpha value is -1.06. The molecule has 1 aromatic carbocycles. The third-order valence-corrected chi connectivity index (χ3v) is 4.38. The van der Waals surface area contributed by atoms with Crippen molar-refractivity contribution >= 4 is 12.4 Å². The Morgan fingerprint density at radius 3 is 2.00 bits per heavy atom. The fourth-order valence-corrected chi connectivity index (χ4v) is 3.24. The monoisotopic (exact) mass is 422 g/mol. The maximum atomic E-state index is 14.6. The van der Waals surface area contributed by atoms with E-state index in [4.69, 9.17) is 0 Å². The van der Waals surface area contributed by atoms with Gasteiger partial charge in [-0.1, -0.05) is 13.8 Å². The first-order chi connectivity index (χ1) is 11.9. The van der Waals surface area contributed by atoms with Gasteiger partial charge in [-0.2, -0.15) is 26.3 Å². The minimum absolute atomic E-state index is 0. The van der Waals surface area contributed by atoms with Gasteiger partial charge in [0.2, 0.25) is 0 Å². The van der Waals surface area contributed by atoms with E-state index in [1.54, 1.807) is 18.7 Å². The summed E-state index contributed by atoms with van der Waals surface area (Å²) in [7, 11) is 0. The van der Waals surface area contributed by atoms with E-state index in [1.165, 1.54) is 0 Å². The van der Waals surface area contributed by atoms with Gasteiger partial charge in [0.1, 0.15) is 5.82 Å². The van der Waals surface area contributed by atoms with Crippen LogP contribution in [0.25, 0.3) is 0 Å². The molecular formula is C17H22ClF7N2. The van der Waals surface area contributed by atoms with Crippen LogP contribution in [0.1, 0.15) is 43.0 Å². The summed E-state index contributed by atoms with van der Waals surface area (Å²) in [6.45, 7) is 5.41. The first kappa shape index (κ1) is 24.0. The maximum Gasteiger partial charge on any atom is 0.416 e. The molecule has 0 amide bonds. The lowest BCUT2D eigenvalue weighted by Crippen LogP contribution is -2.46. The number of rotatable bonds is 4. The molecule has 10 heteroatoms. The molecule has 1 atom stereocenters. The van der Waals surface area contributed by atoms with Gasteiger partial charge >= 0.3 is 12.4 Å². The van der Waals surface area contributed by atoms with E-state index in [2.05, 4.69) is 5.32 Å². The van der Waals surface area contributed by atoms with Gasteiger partial charge in [0.15, 0.2) is 0 Å². The number of benzene rings is 1. The number of nitrogens with one attached hydrogen (secondary N) is 1. The van der Waals surface area contributed by atoms with Crippen molar-refractivity contribution in [2.45, 2.75) is 38.7 Å². The molecule has 1 saturated heterocycles. The normalized spacial score (nSPS) is 17.7. The Labute approximate surface area is 159 Å². The molecule has 156 valence electrons. The van der Waals surface area contributed by atoms with Gasteiger partial charge in [0, 0.05) is 37.8 Å². The number of hydrogen-bond donors (Lipinski definition) is 1. The van der Waals surface area contributed by atoms with Crippen LogP contribution in [-0.2, 0) is 12.4 Å². The van der Waals surface area contributed by atoms with Gasteiger partial charge in [0.25, 0.3) is 0 Å². The first-order valence-corrected chi connectivity index (χ1v) is 8.34. The lowest BCUT2D eigenvalue weighted by atomic mass is 9.89. The average molecular weight is 423 g/mol. The summed E-state index contributed by atoms with van der Waals surface area (Å²) in [5.74, 6) is -1.52. The number of nitrogens with zero attached hydrogens (tertiary/aromatic N) is 1. The molecule has 0 unspecified atom stereocenters.